The SMILES string of the molecule is OC(c1ccc(Cl)cc1)(c1ccc(Cl)cc1)c1ccsn1. The first-order valence-electron chi connectivity index (χ1n) is 6.26. The summed E-state index contributed by atoms with van der Waals surface area (Å²) < 4.78 is 4.31. The molecule has 3 rings (SSSR count). The molecule has 0 bridgehead atoms. The lowest BCUT2D eigenvalue weighted by Gasteiger charge is -2.27. The maximum atomic E-state index is 11.4. The van der Waals surface area contributed by atoms with Gasteiger partial charge in [0.15, 0.2) is 5.60 Å². The van der Waals surface area contributed by atoms with Gasteiger partial charge in [0.05, 0.1) is 5.69 Å². The van der Waals surface area contributed by atoms with Gasteiger partial charge in [-0.1, -0.05) is 47.5 Å². The summed E-state index contributed by atoms with van der Waals surface area (Å²) in [6.45, 7) is 0. The number of hydrogen-bond donors (Lipinski definition) is 1. The summed E-state index contributed by atoms with van der Waals surface area (Å²) in [6.07, 6.45) is 0. The summed E-state index contributed by atoms with van der Waals surface area (Å²) in [5.74, 6) is 0. The molecule has 0 aliphatic carbocycles. The first kappa shape index (κ1) is 14.5. The molecule has 0 spiro atoms. The third-order valence-corrected chi connectivity index (χ3v) is 4.40. The second kappa shape index (κ2) is 5.78. The van der Waals surface area contributed by atoms with E-state index in [4.69, 9.17) is 23.2 Å². The van der Waals surface area contributed by atoms with Gasteiger partial charge in [-0.2, -0.15) is 4.37 Å². The molecule has 0 aliphatic heterocycles. The van der Waals surface area contributed by atoms with Gasteiger partial charge in [0.2, 0.25) is 0 Å². The summed E-state index contributed by atoms with van der Waals surface area (Å²) in [4.78, 5) is 0. The Morgan fingerprint density at radius 1 is 0.810 bits per heavy atom. The van der Waals surface area contributed by atoms with Crippen LogP contribution in [-0.4, -0.2) is 9.48 Å². The number of aromatic nitrogens is 1. The number of benzene rings is 2. The molecule has 1 aromatic heterocycles. The number of rotatable bonds is 3. The topological polar surface area (TPSA) is 33.1 Å². The molecule has 1 N–H and O–H groups in total. The van der Waals surface area contributed by atoms with Crippen LogP contribution in [0.1, 0.15) is 16.8 Å². The van der Waals surface area contributed by atoms with Crippen LogP contribution in [0.5, 0.6) is 0 Å². The van der Waals surface area contributed by atoms with Crippen LogP contribution in [0.4, 0.5) is 0 Å². The van der Waals surface area contributed by atoms with Crippen molar-refractivity contribution in [3.8, 4) is 0 Å². The molecular weight excluding hydrogens is 325 g/mol. The first-order valence-corrected chi connectivity index (χ1v) is 7.85. The molecule has 0 radical (unpaired) electrons. The average Bonchev–Trinajstić information content (AvgIpc) is 3.02. The Balaban J connectivity index is 2.20. The quantitative estimate of drug-likeness (QED) is 0.750. The van der Waals surface area contributed by atoms with Crippen LogP contribution >= 0.6 is 34.7 Å². The van der Waals surface area contributed by atoms with Crippen molar-refractivity contribution in [2.45, 2.75) is 5.60 Å². The van der Waals surface area contributed by atoms with Gasteiger partial charge in [-0.05, 0) is 53.0 Å². The van der Waals surface area contributed by atoms with E-state index in [1.807, 2.05) is 11.4 Å². The van der Waals surface area contributed by atoms with Crippen LogP contribution in [0.3, 0.4) is 0 Å². The largest absolute Gasteiger partial charge is 0.374 e. The molecule has 3 aromatic rings. The summed E-state index contributed by atoms with van der Waals surface area (Å²) in [7, 11) is 0. The van der Waals surface area contributed by atoms with Gasteiger partial charge in [0.25, 0.3) is 0 Å². The molecule has 106 valence electrons. The van der Waals surface area contributed by atoms with Crippen molar-refractivity contribution in [3.05, 3.63) is 86.8 Å². The predicted octanol–water partition coefficient (Wildman–Crippen LogP) is 4.73. The van der Waals surface area contributed by atoms with Gasteiger partial charge in [-0.3, -0.25) is 0 Å². The van der Waals surface area contributed by atoms with Gasteiger partial charge in [-0.25, -0.2) is 0 Å². The highest BCUT2D eigenvalue weighted by Gasteiger charge is 2.35. The van der Waals surface area contributed by atoms with Gasteiger partial charge >= 0.3 is 0 Å². The molecule has 0 atom stereocenters. The van der Waals surface area contributed by atoms with Crippen LogP contribution in [0, 0.1) is 0 Å². The lowest BCUT2D eigenvalue weighted by Crippen LogP contribution is -2.29. The fourth-order valence-electron chi connectivity index (χ4n) is 2.24. The highest BCUT2D eigenvalue weighted by atomic mass is 35.5. The van der Waals surface area contributed by atoms with Crippen molar-refractivity contribution >= 4 is 34.7 Å². The van der Waals surface area contributed by atoms with E-state index in [1.54, 1.807) is 48.5 Å². The standard InChI is InChI=1S/C16H11Cl2NOS/c17-13-5-1-11(2-6-13)16(20,15-9-10-21-19-15)12-3-7-14(18)8-4-12/h1-10,20H. The molecular formula is C16H11Cl2NOS. The van der Waals surface area contributed by atoms with Crippen LogP contribution < -0.4 is 0 Å². The number of hydrogen-bond acceptors (Lipinski definition) is 3. The Morgan fingerprint density at radius 2 is 1.29 bits per heavy atom. The van der Waals surface area contributed by atoms with Gasteiger partial charge < -0.3 is 5.11 Å². The molecule has 0 fully saturated rings. The van der Waals surface area contributed by atoms with E-state index in [-0.39, 0.29) is 0 Å². The monoisotopic (exact) mass is 335 g/mol. The molecule has 0 aliphatic rings. The Hall–Kier alpha value is -1.39. The number of halogens is 2. The minimum atomic E-state index is -1.32. The van der Waals surface area contributed by atoms with Crippen LogP contribution in [0.2, 0.25) is 10.0 Å². The van der Waals surface area contributed by atoms with E-state index in [9.17, 15) is 5.11 Å². The van der Waals surface area contributed by atoms with E-state index in [2.05, 4.69) is 4.37 Å². The Morgan fingerprint density at radius 3 is 1.67 bits per heavy atom. The maximum absolute atomic E-state index is 11.4. The Labute approximate surface area is 136 Å². The third-order valence-electron chi connectivity index (χ3n) is 3.33. The number of aliphatic hydroxyl groups is 1. The normalized spacial score (nSPS) is 11.6. The van der Waals surface area contributed by atoms with E-state index in [0.29, 0.717) is 26.9 Å². The molecule has 0 unspecified atom stereocenters. The van der Waals surface area contributed by atoms with Crippen molar-refractivity contribution in [2.24, 2.45) is 0 Å². The van der Waals surface area contributed by atoms with Gasteiger partial charge in [-0.15, -0.1) is 0 Å². The molecule has 0 amide bonds. The van der Waals surface area contributed by atoms with E-state index in [0.717, 1.165) is 0 Å². The van der Waals surface area contributed by atoms with Crippen molar-refractivity contribution in [1.82, 2.24) is 4.37 Å². The fourth-order valence-corrected chi connectivity index (χ4v) is 3.05. The molecule has 2 nitrogen and oxygen atoms in total. The van der Waals surface area contributed by atoms with Crippen molar-refractivity contribution in [2.75, 3.05) is 0 Å². The zero-order chi connectivity index (χ0) is 14.9. The summed E-state index contributed by atoms with van der Waals surface area (Å²) >= 11 is 13.2. The molecule has 0 saturated carbocycles. The highest BCUT2D eigenvalue weighted by Crippen LogP contribution is 2.37. The number of nitrogens with zero attached hydrogens (tertiary/aromatic N) is 1. The van der Waals surface area contributed by atoms with Gasteiger partial charge in [0, 0.05) is 15.4 Å². The summed E-state index contributed by atoms with van der Waals surface area (Å²) in [5.41, 5.74) is 0.673. The Bertz CT molecular complexity index is 678. The average molecular weight is 336 g/mol. The van der Waals surface area contributed by atoms with Crippen molar-refractivity contribution in [3.63, 3.8) is 0 Å². The first-order chi connectivity index (χ1) is 10.1. The Kier molecular flexibility index (Phi) is 4.00. The molecule has 0 saturated heterocycles. The second-order valence-corrected chi connectivity index (χ2v) is 6.15. The van der Waals surface area contributed by atoms with E-state index < -0.39 is 5.60 Å². The van der Waals surface area contributed by atoms with Crippen LogP contribution in [0.15, 0.2) is 60.0 Å². The fraction of sp³-hybridized carbons (Fsp3) is 0.0625. The zero-order valence-electron chi connectivity index (χ0n) is 10.8. The lowest BCUT2D eigenvalue weighted by molar-refractivity contribution is 0.122. The molecule has 21 heavy (non-hydrogen) atoms. The third kappa shape index (κ3) is 2.70. The molecule has 5 heteroatoms. The van der Waals surface area contributed by atoms with E-state index in [1.165, 1.54) is 11.5 Å². The van der Waals surface area contributed by atoms with Crippen LogP contribution in [-0.2, 0) is 5.60 Å². The zero-order valence-corrected chi connectivity index (χ0v) is 13.2. The van der Waals surface area contributed by atoms with E-state index >= 15 is 0 Å². The summed E-state index contributed by atoms with van der Waals surface area (Å²) in [5, 5.41) is 14.4. The molecule has 1 heterocycles. The highest BCUT2D eigenvalue weighted by molar-refractivity contribution is 7.03. The maximum Gasteiger partial charge on any atom is 0.158 e. The van der Waals surface area contributed by atoms with Crippen molar-refractivity contribution < 1.29 is 5.11 Å². The smallest absolute Gasteiger partial charge is 0.158 e. The lowest BCUT2D eigenvalue weighted by atomic mass is 9.83. The molecule has 2 aromatic carbocycles. The minimum Gasteiger partial charge on any atom is -0.374 e. The minimum absolute atomic E-state index is 0.581. The summed E-state index contributed by atoms with van der Waals surface area (Å²) in [6, 6.07) is 16.0. The van der Waals surface area contributed by atoms with Crippen LogP contribution in [0.25, 0.3) is 0 Å². The second-order valence-electron chi connectivity index (χ2n) is 4.61. The van der Waals surface area contributed by atoms with Gasteiger partial charge in [0.1, 0.15) is 0 Å². The predicted molar refractivity (Wildman–Crippen MR) is 87.1 cm³/mol. The van der Waals surface area contributed by atoms with Crippen molar-refractivity contribution in [1.29, 1.82) is 0 Å².